The van der Waals surface area contributed by atoms with Crippen LogP contribution in [0.15, 0.2) is 23.0 Å². The molecule has 13 heteroatoms. The third kappa shape index (κ3) is 6.35. The van der Waals surface area contributed by atoms with Crippen LogP contribution >= 0.6 is 12.6 Å². The first kappa shape index (κ1) is 33.8. The minimum atomic E-state index is -1.39. The molecule has 1 fully saturated rings. The van der Waals surface area contributed by atoms with E-state index in [0.717, 1.165) is 25.7 Å². The van der Waals surface area contributed by atoms with Gasteiger partial charge in [0.2, 0.25) is 0 Å². The summed E-state index contributed by atoms with van der Waals surface area (Å²) < 4.78 is 44.7. The summed E-state index contributed by atoms with van der Waals surface area (Å²) in [4.78, 5) is 29.5. The fraction of sp³-hybridized carbons (Fsp3) is 0.581. The SMILES string of the molecule is CC.CCN1CC(C)n2c(c(OC)c3c(=O)n4nc(c32)N(C2CC2)S(=O)CCCCCOc2cc(F)ccc2C4)C1=O.CS. The van der Waals surface area contributed by atoms with Crippen molar-refractivity contribution in [2.24, 2.45) is 0 Å². The number of rotatable bonds is 3. The summed E-state index contributed by atoms with van der Waals surface area (Å²) >= 11 is 3.53. The first-order valence-electron chi connectivity index (χ1n) is 15.4. The number of ether oxygens (including phenoxy) is 2. The molecule has 6 rings (SSSR count). The van der Waals surface area contributed by atoms with Crippen LogP contribution in [-0.2, 0) is 17.5 Å². The topological polar surface area (TPSA) is 98.9 Å². The second-order valence-electron chi connectivity index (χ2n) is 10.7. The van der Waals surface area contributed by atoms with Gasteiger partial charge in [-0.25, -0.2) is 13.3 Å². The van der Waals surface area contributed by atoms with E-state index in [4.69, 9.17) is 14.6 Å². The smallest absolute Gasteiger partial charge is 0.280 e. The van der Waals surface area contributed by atoms with Crippen molar-refractivity contribution in [3.05, 3.63) is 45.6 Å². The van der Waals surface area contributed by atoms with E-state index < -0.39 is 22.4 Å². The van der Waals surface area contributed by atoms with E-state index in [-0.39, 0.29) is 35.7 Å². The number of hydrogen-bond acceptors (Lipinski definition) is 7. The molecule has 2 unspecified atom stereocenters. The number of hydrogen-bond donors (Lipinski definition) is 1. The van der Waals surface area contributed by atoms with Crippen LogP contribution in [0.2, 0.25) is 0 Å². The third-order valence-corrected chi connectivity index (χ3v) is 9.46. The molecule has 2 atom stereocenters. The van der Waals surface area contributed by atoms with E-state index in [1.165, 1.54) is 23.9 Å². The molecule has 2 bridgehead atoms. The number of thiol groups is 1. The van der Waals surface area contributed by atoms with Crippen LogP contribution in [0.1, 0.15) is 81.9 Å². The molecule has 3 aromatic rings. The molecule has 0 spiro atoms. The van der Waals surface area contributed by atoms with Crippen molar-refractivity contribution < 1.29 is 22.9 Å². The first-order valence-corrected chi connectivity index (χ1v) is 17.6. The summed E-state index contributed by atoms with van der Waals surface area (Å²) in [5, 5.41) is 5.08. The largest absolute Gasteiger partial charge is 0.493 e. The molecule has 10 nitrogen and oxygen atoms in total. The molecule has 1 amide bonds. The monoisotopic (exact) mass is 649 g/mol. The van der Waals surface area contributed by atoms with Crippen LogP contribution in [0.4, 0.5) is 10.2 Å². The number of amides is 1. The summed E-state index contributed by atoms with van der Waals surface area (Å²) in [7, 11) is 0.0640. The van der Waals surface area contributed by atoms with E-state index in [2.05, 4.69) is 12.6 Å². The Labute approximate surface area is 266 Å². The van der Waals surface area contributed by atoms with E-state index >= 15 is 0 Å². The normalized spacial score (nSPS) is 20.2. The maximum Gasteiger partial charge on any atom is 0.280 e. The molecule has 0 N–H and O–H groups in total. The number of fused-ring (bicyclic) bond motifs is 7. The first-order chi connectivity index (χ1) is 21.3. The maximum absolute atomic E-state index is 14.2. The molecule has 0 saturated heterocycles. The molecule has 3 aliphatic rings. The van der Waals surface area contributed by atoms with Crippen molar-refractivity contribution >= 4 is 46.2 Å². The van der Waals surface area contributed by atoms with Gasteiger partial charge in [-0.05, 0) is 58.3 Å². The number of halogens is 1. The zero-order valence-corrected chi connectivity index (χ0v) is 28.2. The summed E-state index contributed by atoms with van der Waals surface area (Å²) in [6, 6.07) is 4.12. The second-order valence-corrected chi connectivity index (χ2v) is 12.1. The Kier molecular flexibility index (Phi) is 11.4. The van der Waals surface area contributed by atoms with Gasteiger partial charge in [0.25, 0.3) is 11.5 Å². The van der Waals surface area contributed by atoms with Gasteiger partial charge in [-0.15, -0.1) is 5.10 Å². The summed E-state index contributed by atoms with van der Waals surface area (Å²) in [5.41, 5.74) is 0.945. The number of benzene rings is 1. The minimum Gasteiger partial charge on any atom is -0.493 e. The second kappa shape index (κ2) is 14.8. The number of anilines is 1. The fourth-order valence-electron chi connectivity index (χ4n) is 5.81. The fourth-order valence-corrected chi connectivity index (χ4v) is 7.31. The molecule has 1 aromatic carbocycles. The Morgan fingerprint density at radius 2 is 1.89 bits per heavy atom. The number of likely N-dealkylation sites (N-methyl/N-ethyl adjacent to an activating group) is 1. The van der Waals surface area contributed by atoms with Gasteiger partial charge in [0.1, 0.15) is 33.5 Å². The summed E-state index contributed by atoms with van der Waals surface area (Å²) in [6.45, 7) is 9.31. The molecular formula is C31H44FN5O5S2. The van der Waals surface area contributed by atoms with Crippen LogP contribution in [-0.4, -0.2) is 74.2 Å². The van der Waals surface area contributed by atoms with Gasteiger partial charge in [-0.1, -0.05) is 19.9 Å². The molecule has 1 saturated carbocycles. The third-order valence-electron chi connectivity index (χ3n) is 7.91. The van der Waals surface area contributed by atoms with Gasteiger partial charge in [0, 0.05) is 42.6 Å². The zero-order valence-electron chi connectivity index (χ0n) is 26.5. The van der Waals surface area contributed by atoms with Gasteiger partial charge in [0.05, 0.1) is 20.3 Å². The number of carbonyl (C=O) groups is 1. The maximum atomic E-state index is 14.2. The van der Waals surface area contributed by atoms with Crippen molar-refractivity contribution in [1.29, 1.82) is 0 Å². The van der Waals surface area contributed by atoms with E-state index in [9.17, 15) is 18.2 Å². The predicted octanol–water partition coefficient (Wildman–Crippen LogP) is 5.20. The van der Waals surface area contributed by atoms with Crippen LogP contribution < -0.4 is 19.3 Å². The average molecular weight is 650 g/mol. The lowest BCUT2D eigenvalue weighted by Gasteiger charge is -2.33. The van der Waals surface area contributed by atoms with Gasteiger partial charge in [-0.3, -0.25) is 13.9 Å². The Bertz CT molecular complexity index is 1570. The van der Waals surface area contributed by atoms with E-state index in [1.54, 1.807) is 17.2 Å². The van der Waals surface area contributed by atoms with Crippen LogP contribution in [0.25, 0.3) is 10.9 Å². The van der Waals surface area contributed by atoms with Gasteiger partial charge in [-0.2, -0.15) is 12.6 Å². The number of aromatic nitrogens is 3. The molecule has 2 aromatic heterocycles. The van der Waals surface area contributed by atoms with Crippen molar-refractivity contribution in [3.8, 4) is 11.5 Å². The van der Waals surface area contributed by atoms with Crippen molar-refractivity contribution in [2.45, 2.75) is 78.4 Å². The predicted molar refractivity (Wildman–Crippen MR) is 176 cm³/mol. The molecule has 0 radical (unpaired) electrons. The molecule has 4 heterocycles. The Morgan fingerprint density at radius 1 is 1.16 bits per heavy atom. The number of carbonyl (C=O) groups excluding carboxylic acids is 1. The highest BCUT2D eigenvalue weighted by atomic mass is 32.2. The van der Waals surface area contributed by atoms with E-state index in [0.29, 0.717) is 60.2 Å². The lowest BCUT2D eigenvalue weighted by molar-refractivity contribution is 0.0685. The summed E-state index contributed by atoms with van der Waals surface area (Å²) in [5.74, 6) is 0.760. The minimum absolute atomic E-state index is 0.0107. The highest BCUT2D eigenvalue weighted by molar-refractivity contribution is 7.86. The standard InChI is InChI=1S/C28H34FN5O5S.C2H6.CH4S/c1-4-31-15-17(2)33-23-22(25(38-3)24(33)28(31)36)27(35)32-16-18-8-9-19(29)14-21(18)39-12-6-5-7-13-40(37)34(20-10-11-20)26(23)30-32;2*1-2/h8-9,14,17,20H,4-7,10-13,15-16H2,1-3H3;1-2H3;2H,1H3. The van der Waals surface area contributed by atoms with Crippen LogP contribution in [0.3, 0.4) is 0 Å². The molecule has 1 aliphatic carbocycles. The van der Waals surface area contributed by atoms with Gasteiger partial charge >= 0.3 is 0 Å². The lowest BCUT2D eigenvalue weighted by atomic mass is 10.2. The van der Waals surface area contributed by atoms with E-state index in [1.807, 2.05) is 36.6 Å². The lowest BCUT2D eigenvalue weighted by Crippen LogP contribution is -2.42. The van der Waals surface area contributed by atoms with Crippen LogP contribution in [0.5, 0.6) is 11.5 Å². The summed E-state index contributed by atoms with van der Waals surface area (Å²) in [6.07, 6.45) is 5.69. The zero-order chi connectivity index (χ0) is 32.1. The highest BCUT2D eigenvalue weighted by Gasteiger charge is 2.41. The van der Waals surface area contributed by atoms with Crippen molar-refractivity contribution in [3.63, 3.8) is 0 Å². The highest BCUT2D eigenvalue weighted by Crippen LogP contribution is 2.43. The molecule has 44 heavy (non-hydrogen) atoms. The van der Waals surface area contributed by atoms with Crippen molar-refractivity contribution in [2.75, 3.05) is 43.1 Å². The Balaban J connectivity index is 0.00000106. The van der Waals surface area contributed by atoms with Crippen molar-refractivity contribution in [1.82, 2.24) is 19.2 Å². The average Bonchev–Trinajstić information content (AvgIpc) is 3.80. The molecule has 2 aliphatic heterocycles. The van der Waals surface area contributed by atoms with Gasteiger partial charge < -0.3 is 18.9 Å². The number of nitrogens with zero attached hydrogens (tertiary/aromatic N) is 5. The Morgan fingerprint density at radius 3 is 2.55 bits per heavy atom. The quantitative estimate of drug-likeness (QED) is 0.392. The molecular weight excluding hydrogens is 606 g/mol. The van der Waals surface area contributed by atoms with Crippen LogP contribution in [0, 0.1) is 5.82 Å². The number of methoxy groups -OCH3 is 1. The van der Waals surface area contributed by atoms with Gasteiger partial charge in [0.15, 0.2) is 17.3 Å². The Hall–Kier alpha value is -3.06. The molecule has 242 valence electrons.